The summed E-state index contributed by atoms with van der Waals surface area (Å²) in [4.78, 5) is 32.0. The Morgan fingerprint density at radius 2 is 1.89 bits per heavy atom. The number of allylic oxidation sites excluding steroid dienone is 1. The number of methoxy groups -OCH3 is 2. The number of nitrogens with zero attached hydrogens (tertiary/aromatic N) is 2. The van der Waals surface area contributed by atoms with Crippen molar-refractivity contribution in [3.05, 3.63) is 87.6 Å². The molecule has 0 spiro atoms. The van der Waals surface area contributed by atoms with E-state index in [0.717, 1.165) is 12.1 Å². The molecular weight excluding hydrogens is 507 g/mol. The molecular formula is C26H24F3N3O4S. The Balaban J connectivity index is 1.58. The zero-order valence-corrected chi connectivity index (χ0v) is 21.1. The van der Waals surface area contributed by atoms with Gasteiger partial charge < -0.3 is 19.7 Å². The molecule has 2 aromatic carbocycles. The summed E-state index contributed by atoms with van der Waals surface area (Å²) in [7, 11) is 2.82. The van der Waals surface area contributed by atoms with Crippen LogP contribution in [0.5, 0.6) is 5.75 Å². The predicted molar refractivity (Wildman–Crippen MR) is 133 cm³/mol. The number of carbonyl (C=O) groups is 2. The molecule has 1 amide bonds. The van der Waals surface area contributed by atoms with Crippen molar-refractivity contribution in [1.29, 1.82) is 0 Å². The van der Waals surface area contributed by atoms with E-state index in [0.29, 0.717) is 39.0 Å². The number of rotatable bonds is 7. The van der Waals surface area contributed by atoms with Crippen molar-refractivity contribution >= 4 is 28.8 Å². The van der Waals surface area contributed by atoms with Gasteiger partial charge in [-0.05, 0) is 36.1 Å². The SMILES string of the molecule is COC(=O)C1=C(C)N=C2SC=C(CC(=O)NCc3cccc(C(F)(F)F)c3)N2[C@@H]1c1ccccc1OC. The number of esters is 1. The highest BCUT2D eigenvalue weighted by atomic mass is 32.2. The lowest BCUT2D eigenvalue weighted by Gasteiger charge is -2.36. The number of para-hydroxylation sites is 1. The van der Waals surface area contributed by atoms with Gasteiger partial charge in [0.2, 0.25) is 5.91 Å². The maximum Gasteiger partial charge on any atom is 0.416 e. The lowest BCUT2D eigenvalue weighted by molar-refractivity contribution is -0.138. The van der Waals surface area contributed by atoms with Crippen molar-refractivity contribution in [2.45, 2.75) is 32.1 Å². The van der Waals surface area contributed by atoms with Gasteiger partial charge in [-0.25, -0.2) is 9.79 Å². The van der Waals surface area contributed by atoms with E-state index in [9.17, 15) is 22.8 Å². The molecule has 2 aromatic rings. The molecule has 7 nitrogen and oxygen atoms in total. The molecule has 194 valence electrons. The van der Waals surface area contributed by atoms with Gasteiger partial charge in [0.05, 0.1) is 43.5 Å². The number of nitrogens with one attached hydrogen (secondary N) is 1. The summed E-state index contributed by atoms with van der Waals surface area (Å²) in [5, 5.41) is 5.04. The Kier molecular flexibility index (Phi) is 7.63. The number of alkyl halides is 3. The minimum Gasteiger partial charge on any atom is -0.496 e. The number of hydrogen-bond acceptors (Lipinski definition) is 7. The summed E-state index contributed by atoms with van der Waals surface area (Å²) in [6.45, 7) is 1.66. The van der Waals surface area contributed by atoms with Crippen molar-refractivity contribution < 1.29 is 32.2 Å². The Hall–Kier alpha value is -3.73. The van der Waals surface area contributed by atoms with Crippen molar-refractivity contribution in [1.82, 2.24) is 10.2 Å². The number of thioether (sulfide) groups is 1. The first-order valence-electron chi connectivity index (χ1n) is 11.2. The van der Waals surface area contributed by atoms with Crippen LogP contribution in [0, 0.1) is 0 Å². The molecule has 11 heteroatoms. The van der Waals surface area contributed by atoms with Crippen LogP contribution in [-0.4, -0.2) is 36.2 Å². The fourth-order valence-corrected chi connectivity index (χ4v) is 5.18. The van der Waals surface area contributed by atoms with Crippen LogP contribution < -0.4 is 10.1 Å². The number of halogens is 3. The van der Waals surface area contributed by atoms with Crippen LogP contribution in [0.2, 0.25) is 0 Å². The van der Waals surface area contributed by atoms with Crippen LogP contribution in [0.25, 0.3) is 0 Å². The second-order valence-electron chi connectivity index (χ2n) is 8.28. The van der Waals surface area contributed by atoms with E-state index in [4.69, 9.17) is 9.47 Å². The molecule has 1 atom stereocenters. The lowest BCUT2D eigenvalue weighted by Crippen LogP contribution is -2.38. The summed E-state index contributed by atoms with van der Waals surface area (Å²) in [5.74, 6) is -0.398. The normalized spacial score (nSPS) is 17.1. The van der Waals surface area contributed by atoms with E-state index >= 15 is 0 Å². The average Bonchev–Trinajstić information content (AvgIpc) is 3.27. The number of amidine groups is 1. The highest BCUT2D eigenvalue weighted by Gasteiger charge is 2.42. The molecule has 0 fully saturated rings. The third-order valence-electron chi connectivity index (χ3n) is 5.93. The fraction of sp³-hybridized carbons (Fsp3) is 0.269. The van der Waals surface area contributed by atoms with Gasteiger partial charge in [0.25, 0.3) is 0 Å². The summed E-state index contributed by atoms with van der Waals surface area (Å²) >= 11 is 1.31. The number of benzene rings is 2. The van der Waals surface area contributed by atoms with Gasteiger partial charge in [0.15, 0.2) is 5.17 Å². The van der Waals surface area contributed by atoms with E-state index in [1.165, 1.54) is 38.1 Å². The number of fused-ring (bicyclic) bond motifs is 1. The summed E-state index contributed by atoms with van der Waals surface area (Å²) in [5.41, 5.74) is 1.63. The van der Waals surface area contributed by atoms with Crippen LogP contribution >= 0.6 is 11.8 Å². The molecule has 4 rings (SSSR count). The molecule has 0 radical (unpaired) electrons. The largest absolute Gasteiger partial charge is 0.496 e. The van der Waals surface area contributed by atoms with E-state index in [2.05, 4.69) is 10.3 Å². The van der Waals surface area contributed by atoms with Gasteiger partial charge in [-0.1, -0.05) is 42.1 Å². The van der Waals surface area contributed by atoms with Crippen molar-refractivity contribution in [3.63, 3.8) is 0 Å². The Labute approximate surface area is 216 Å². The molecule has 0 unspecified atom stereocenters. The maximum atomic E-state index is 13.0. The lowest BCUT2D eigenvalue weighted by atomic mass is 9.93. The van der Waals surface area contributed by atoms with Crippen LogP contribution in [0.4, 0.5) is 13.2 Å². The molecule has 37 heavy (non-hydrogen) atoms. The van der Waals surface area contributed by atoms with Crippen LogP contribution in [0.1, 0.15) is 36.1 Å². The van der Waals surface area contributed by atoms with Gasteiger partial charge in [-0.2, -0.15) is 13.2 Å². The Morgan fingerprint density at radius 1 is 1.14 bits per heavy atom. The quantitative estimate of drug-likeness (QED) is 0.497. The Morgan fingerprint density at radius 3 is 2.59 bits per heavy atom. The zero-order chi connectivity index (χ0) is 26.7. The highest BCUT2D eigenvalue weighted by molar-refractivity contribution is 8.16. The van der Waals surface area contributed by atoms with Gasteiger partial charge in [0.1, 0.15) is 5.75 Å². The third kappa shape index (κ3) is 5.51. The molecule has 1 N–H and O–H groups in total. The predicted octanol–water partition coefficient (Wildman–Crippen LogP) is 5.17. The molecule has 0 bridgehead atoms. The number of aliphatic imine (C=N–C) groups is 1. The van der Waals surface area contributed by atoms with Crippen molar-refractivity contribution in [3.8, 4) is 5.75 Å². The smallest absolute Gasteiger partial charge is 0.416 e. The van der Waals surface area contributed by atoms with Crippen LogP contribution in [-0.2, 0) is 27.0 Å². The zero-order valence-electron chi connectivity index (χ0n) is 20.3. The van der Waals surface area contributed by atoms with E-state index < -0.39 is 29.7 Å². The maximum absolute atomic E-state index is 13.0. The number of carbonyl (C=O) groups excluding carboxylic acids is 2. The Bertz CT molecular complexity index is 1320. The van der Waals surface area contributed by atoms with Gasteiger partial charge >= 0.3 is 12.1 Å². The summed E-state index contributed by atoms with van der Waals surface area (Å²) in [6, 6.07) is 11.4. The minimum atomic E-state index is -4.47. The molecule has 0 saturated carbocycles. The molecule has 0 aromatic heterocycles. The number of hydrogen-bond donors (Lipinski definition) is 1. The van der Waals surface area contributed by atoms with E-state index in [-0.39, 0.29) is 13.0 Å². The van der Waals surface area contributed by atoms with Gasteiger partial charge in [-0.15, -0.1) is 0 Å². The average molecular weight is 532 g/mol. The van der Waals surface area contributed by atoms with Crippen molar-refractivity contribution in [2.24, 2.45) is 4.99 Å². The van der Waals surface area contributed by atoms with Crippen LogP contribution in [0.15, 0.2) is 75.9 Å². The first-order chi connectivity index (χ1) is 17.6. The van der Waals surface area contributed by atoms with Gasteiger partial charge in [0, 0.05) is 17.8 Å². The van der Waals surface area contributed by atoms with E-state index in [1.54, 1.807) is 23.3 Å². The molecule has 2 aliphatic heterocycles. The first kappa shape index (κ1) is 26.3. The first-order valence-corrected chi connectivity index (χ1v) is 12.1. The summed E-state index contributed by atoms with van der Waals surface area (Å²) in [6.07, 6.45) is -4.55. The van der Waals surface area contributed by atoms with Gasteiger partial charge in [-0.3, -0.25) is 4.79 Å². The minimum absolute atomic E-state index is 0.0630. The number of amides is 1. The monoisotopic (exact) mass is 531 g/mol. The highest BCUT2D eigenvalue weighted by Crippen LogP contribution is 2.46. The molecule has 2 heterocycles. The van der Waals surface area contributed by atoms with Crippen molar-refractivity contribution in [2.75, 3.05) is 14.2 Å². The molecule has 2 aliphatic rings. The molecule has 0 aliphatic carbocycles. The standard InChI is InChI=1S/C26H24F3N3O4S/c1-15-22(24(34)36-3)23(19-9-4-5-10-20(19)35-2)32-18(14-37-25(32)31-15)12-21(33)30-13-16-7-6-8-17(11-16)26(27,28)29/h4-11,14,23H,12-13H2,1-3H3,(H,30,33)/t23-/m1/s1. The third-order valence-corrected chi connectivity index (χ3v) is 6.81. The van der Waals surface area contributed by atoms with E-state index in [1.807, 2.05) is 18.2 Å². The molecule has 0 saturated heterocycles. The van der Waals surface area contributed by atoms with Crippen LogP contribution in [0.3, 0.4) is 0 Å². The number of ether oxygens (including phenoxy) is 2. The fourth-order valence-electron chi connectivity index (χ4n) is 4.21. The summed E-state index contributed by atoms with van der Waals surface area (Å²) < 4.78 is 49.6. The second-order valence-corrected chi connectivity index (χ2v) is 9.11. The topological polar surface area (TPSA) is 80.2 Å². The second kappa shape index (κ2) is 10.7.